The Kier molecular flexibility index (Phi) is 9.47. The highest BCUT2D eigenvalue weighted by molar-refractivity contribution is 6.05. The summed E-state index contributed by atoms with van der Waals surface area (Å²) in [5, 5.41) is 5.78. The van der Waals surface area contributed by atoms with Crippen LogP contribution in [-0.2, 0) is 22.3 Å². The minimum Gasteiger partial charge on any atom is -0.369 e. The summed E-state index contributed by atoms with van der Waals surface area (Å²) in [7, 11) is 2.08. The smallest absolute Gasteiger partial charge is 0.369 e. The van der Waals surface area contributed by atoms with Crippen molar-refractivity contribution in [3.63, 3.8) is 0 Å². The Morgan fingerprint density at radius 1 is 0.837 bits per heavy atom. The number of halogens is 3. The van der Waals surface area contributed by atoms with E-state index in [9.17, 15) is 27.6 Å². The minimum atomic E-state index is -4.55. The molecular weight excluding hydrogens is 631 g/mol. The van der Waals surface area contributed by atoms with Crippen molar-refractivity contribution in [1.82, 2.24) is 9.80 Å². The first-order chi connectivity index (χ1) is 23.4. The SMILES string of the molecule is CC(=O)Nc1ccc2c(c1)C(=O)N(Cc1ccc(C)cc1)[C@@H](c1ccc(C(F)(F)F)cc1)[C@@H]2C(=O)Nc1cccc(N2CCN(C)CC2)c1. The van der Waals surface area contributed by atoms with E-state index in [1.54, 1.807) is 24.3 Å². The van der Waals surface area contributed by atoms with E-state index in [0.29, 0.717) is 22.5 Å². The molecule has 0 radical (unpaired) electrons. The van der Waals surface area contributed by atoms with E-state index in [1.165, 1.54) is 24.0 Å². The van der Waals surface area contributed by atoms with Crippen LogP contribution >= 0.6 is 0 Å². The van der Waals surface area contributed by atoms with Crippen LogP contribution < -0.4 is 15.5 Å². The van der Waals surface area contributed by atoms with Crippen molar-refractivity contribution in [1.29, 1.82) is 0 Å². The molecule has 254 valence electrons. The Balaban J connectivity index is 1.45. The van der Waals surface area contributed by atoms with Gasteiger partial charge in [-0.15, -0.1) is 0 Å². The van der Waals surface area contributed by atoms with Crippen LogP contribution in [-0.4, -0.2) is 60.7 Å². The number of amides is 3. The number of rotatable bonds is 7. The highest BCUT2D eigenvalue weighted by atomic mass is 19.4. The van der Waals surface area contributed by atoms with Gasteiger partial charge in [-0.05, 0) is 73.1 Å². The van der Waals surface area contributed by atoms with Crippen LogP contribution in [0.3, 0.4) is 0 Å². The normalized spacial score (nSPS) is 18.2. The second kappa shape index (κ2) is 13.8. The highest BCUT2D eigenvalue weighted by Crippen LogP contribution is 2.45. The lowest BCUT2D eigenvalue weighted by Gasteiger charge is -2.42. The van der Waals surface area contributed by atoms with Crippen molar-refractivity contribution in [2.75, 3.05) is 48.8 Å². The van der Waals surface area contributed by atoms with E-state index < -0.39 is 35.5 Å². The van der Waals surface area contributed by atoms with Crippen LogP contribution in [0.25, 0.3) is 0 Å². The van der Waals surface area contributed by atoms with E-state index in [-0.39, 0.29) is 18.0 Å². The first-order valence-electron chi connectivity index (χ1n) is 16.2. The molecule has 0 bridgehead atoms. The molecule has 2 heterocycles. The summed E-state index contributed by atoms with van der Waals surface area (Å²) in [6, 6.07) is 23.7. The number of piperazine rings is 1. The molecule has 11 heteroatoms. The zero-order valence-corrected chi connectivity index (χ0v) is 27.6. The van der Waals surface area contributed by atoms with Crippen molar-refractivity contribution < 1.29 is 27.6 Å². The van der Waals surface area contributed by atoms with Crippen LogP contribution in [0.1, 0.15) is 57.1 Å². The number of fused-ring (bicyclic) bond motifs is 1. The number of hydrogen-bond acceptors (Lipinski definition) is 5. The molecule has 1 fully saturated rings. The van der Waals surface area contributed by atoms with Gasteiger partial charge in [-0.2, -0.15) is 13.2 Å². The summed E-state index contributed by atoms with van der Waals surface area (Å²) in [4.78, 5) is 46.9. The van der Waals surface area contributed by atoms with Gasteiger partial charge in [0.15, 0.2) is 0 Å². The first-order valence-corrected chi connectivity index (χ1v) is 16.2. The zero-order valence-electron chi connectivity index (χ0n) is 27.6. The van der Waals surface area contributed by atoms with Gasteiger partial charge < -0.3 is 25.3 Å². The molecule has 3 amide bonds. The van der Waals surface area contributed by atoms with E-state index >= 15 is 0 Å². The molecule has 2 N–H and O–H groups in total. The molecule has 6 rings (SSSR count). The van der Waals surface area contributed by atoms with Gasteiger partial charge in [-0.25, -0.2) is 0 Å². The van der Waals surface area contributed by atoms with E-state index in [2.05, 4.69) is 27.5 Å². The summed E-state index contributed by atoms with van der Waals surface area (Å²) in [5.74, 6) is -2.16. The zero-order chi connectivity index (χ0) is 34.9. The number of nitrogens with zero attached hydrogens (tertiary/aromatic N) is 3. The van der Waals surface area contributed by atoms with Gasteiger partial charge in [-0.3, -0.25) is 14.4 Å². The second-order valence-electron chi connectivity index (χ2n) is 12.8. The maximum atomic E-state index is 14.6. The van der Waals surface area contributed by atoms with Gasteiger partial charge in [0, 0.05) is 62.3 Å². The maximum absolute atomic E-state index is 14.6. The molecule has 0 aromatic heterocycles. The number of benzene rings is 4. The standard InChI is InChI=1S/C38H38F3N5O3/c1-24-7-9-26(10-8-24)23-46-35(27-11-13-28(14-12-27)38(39,40)41)34(32-16-15-30(42-25(2)47)22-33(32)37(46)49)36(48)43-29-5-4-6-31(21-29)45-19-17-44(3)18-20-45/h4-16,21-22,34-35H,17-20,23H2,1-3H3,(H,42,47)(H,43,48)/t34-,35+/m1/s1. The lowest BCUT2D eigenvalue weighted by molar-refractivity contribution is -0.137. The van der Waals surface area contributed by atoms with Crippen molar-refractivity contribution >= 4 is 34.8 Å². The number of alkyl halides is 3. The quantitative estimate of drug-likeness (QED) is 0.225. The van der Waals surface area contributed by atoms with Crippen LogP contribution in [0.4, 0.5) is 30.2 Å². The Bertz CT molecular complexity index is 1850. The molecule has 8 nitrogen and oxygen atoms in total. The molecular formula is C38H38F3N5O3. The Morgan fingerprint density at radius 3 is 2.16 bits per heavy atom. The molecule has 0 unspecified atom stereocenters. The van der Waals surface area contributed by atoms with Gasteiger partial charge in [0.2, 0.25) is 11.8 Å². The van der Waals surface area contributed by atoms with Crippen LogP contribution in [0, 0.1) is 6.92 Å². The lowest BCUT2D eigenvalue weighted by atomic mass is 9.78. The lowest BCUT2D eigenvalue weighted by Crippen LogP contribution is -2.46. The van der Waals surface area contributed by atoms with Crippen molar-refractivity contribution in [3.8, 4) is 0 Å². The molecule has 0 aliphatic carbocycles. The predicted molar refractivity (Wildman–Crippen MR) is 184 cm³/mol. The fraction of sp³-hybridized carbons (Fsp3) is 0.289. The van der Waals surface area contributed by atoms with E-state index in [0.717, 1.165) is 55.1 Å². The molecule has 2 aliphatic heterocycles. The topological polar surface area (TPSA) is 85.0 Å². The Labute approximate surface area is 283 Å². The number of carbonyl (C=O) groups excluding carboxylic acids is 3. The van der Waals surface area contributed by atoms with Crippen LogP contribution in [0.15, 0.2) is 91.0 Å². The molecule has 0 spiro atoms. The fourth-order valence-corrected chi connectivity index (χ4v) is 6.58. The van der Waals surface area contributed by atoms with Gasteiger partial charge in [0.05, 0.1) is 17.5 Å². The van der Waals surface area contributed by atoms with E-state index in [1.807, 2.05) is 49.4 Å². The third kappa shape index (κ3) is 7.46. The monoisotopic (exact) mass is 669 g/mol. The molecule has 1 saturated heterocycles. The number of aryl methyl sites for hydroxylation is 1. The first kappa shape index (κ1) is 33.7. The van der Waals surface area contributed by atoms with Crippen molar-refractivity contribution in [2.24, 2.45) is 0 Å². The largest absolute Gasteiger partial charge is 0.416 e. The second-order valence-corrected chi connectivity index (χ2v) is 12.8. The van der Waals surface area contributed by atoms with Crippen LogP contribution in [0.5, 0.6) is 0 Å². The third-order valence-electron chi connectivity index (χ3n) is 9.17. The summed E-state index contributed by atoms with van der Waals surface area (Å²) in [6.45, 7) is 6.90. The van der Waals surface area contributed by atoms with Gasteiger partial charge in [0.1, 0.15) is 0 Å². The van der Waals surface area contributed by atoms with Gasteiger partial charge in [0.25, 0.3) is 5.91 Å². The molecule has 2 atom stereocenters. The number of hydrogen-bond donors (Lipinski definition) is 2. The molecule has 4 aromatic rings. The number of nitrogens with one attached hydrogen (secondary N) is 2. The number of anilines is 3. The summed E-state index contributed by atoms with van der Waals surface area (Å²) < 4.78 is 40.8. The average molecular weight is 670 g/mol. The van der Waals surface area contributed by atoms with Crippen LogP contribution in [0.2, 0.25) is 0 Å². The third-order valence-corrected chi connectivity index (χ3v) is 9.17. The molecule has 4 aromatic carbocycles. The minimum absolute atomic E-state index is 0.0945. The summed E-state index contributed by atoms with van der Waals surface area (Å²) in [6.07, 6.45) is -4.55. The Hall–Kier alpha value is -5.16. The Morgan fingerprint density at radius 2 is 1.51 bits per heavy atom. The van der Waals surface area contributed by atoms with Gasteiger partial charge in [-0.1, -0.05) is 54.1 Å². The average Bonchev–Trinajstić information content (AvgIpc) is 3.06. The molecule has 0 saturated carbocycles. The molecule has 49 heavy (non-hydrogen) atoms. The van der Waals surface area contributed by atoms with E-state index in [4.69, 9.17) is 0 Å². The fourth-order valence-electron chi connectivity index (χ4n) is 6.58. The summed E-state index contributed by atoms with van der Waals surface area (Å²) >= 11 is 0. The van der Waals surface area contributed by atoms with Gasteiger partial charge >= 0.3 is 6.18 Å². The molecule has 2 aliphatic rings. The van der Waals surface area contributed by atoms with Crippen molar-refractivity contribution in [3.05, 3.63) is 124 Å². The number of likely N-dealkylation sites (N-methyl/N-ethyl adjacent to an activating group) is 1. The highest BCUT2D eigenvalue weighted by Gasteiger charge is 2.45. The number of carbonyl (C=O) groups is 3. The maximum Gasteiger partial charge on any atom is 0.416 e. The van der Waals surface area contributed by atoms with Crippen molar-refractivity contribution in [2.45, 2.75) is 38.5 Å². The predicted octanol–water partition coefficient (Wildman–Crippen LogP) is 6.84. The summed E-state index contributed by atoms with van der Waals surface area (Å²) in [5.41, 5.74) is 3.93.